The number of fused-ring (bicyclic) bond motifs is 3. The van der Waals surface area contributed by atoms with E-state index in [0.29, 0.717) is 0 Å². The third-order valence-electron chi connectivity index (χ3n) is 5.69. The van der Waals surface area contributed by atoms with Crippen LogP contribution in [-0.4, -0.2) is 31.0 Å². The zero-order chi connectivity index (χ0) is 19.7. The standard InChI is InChI=1S/C25H25NO2.ClH/c1-17(26(2)3)24(18-11-5-4-6-12-18)28-25(27)23-21-15-9-7-13-19(21)20-14-8-10-16-22(20)23;/h4-17,23-24H,1-3H3;1H. The van der Waals surface area contributed by atoms with Gasteiger partial charge in [0.25, 0.3) is 0 Å². The van der Waals surface area contributed by atoms with Gasteiger partial charge in [-0.25, -0.2) is 0 Å². The molecule has 1 aliphatic carbocycles. The number of carbonyl (C=O) groups is 1. The van der Waals surface area contributed by atoms with Crippen molar-refractivity contribution in [2.24, 2.45) is 0 Å². The van der Waals surface area contributed by atoms with E-state index in [1.54, 1.807) is 0 Å². The first kappa shape index (κ1) is 21.1. The van der Waals surface area contributed by atoms with Crippen molar-refractivity contribution in [2.45, 2.75) is 25.0 Å². The second-order valence-electron chi connectivity index (χ2n) is 7.58. The summed E-state index contributed by atoms with van der Waals surface area (Å²) in [5.41, 5.74) is 5.31. The van der Waals surface area contributed by atoms with Crippen LogP contribution in [0.5, 0.6) is 0 Å². The summed E-state index contributed by atoms with van der Waals surface area (Å²) in [6.45, 7) is 2.08. The quantitative estimate of drug-likeness (QED) is 0.526. The highest BCUT2D eigenvalue weighted by Gasteiger charge is 2.37. The average molecular weight is 408 g/mol. The fourth-order valence-corrected chi connectivity index (χ4v) is 3.96. The molecule has 0 saturated carbocycles. The Kier molecular flexibility index (Phi) is 6.41. The van der Waals surface area contributed by atoms with Crippen molar-refractivity contribution < 1.29 is 9.53 Å². The first-order valence-corrected chi connectivity index (χ1v) is 9.68. The highest BCUT2D eigenvalue weighted by atomic mass is 35.5. The molecule has 4 heteroatoms. The van der Waals surface area contributed by atoms with Crippen LogP contribution in [0, 0.1) is 0 Å². The van der Waals surface area contributed by atoms with E-state index < -0.39 is 0 Å². The van der Waals surface area contributed by atoms with Gasteiger partial charge in [-0.1, -0.05) is 78.9 Å². The first-order chi connectivity index (χ1) is 13.6. The second-order valence-corrected chi connectivity index (χ2v) is 7.58. The van der Waals surface area contributed by atoms with Gasteiger partial charge in [0, 0.05) is 6.04 Å². The minimum Gasteiger partial charge on any atom is -0.455 e. The summed E-state index contributed by atoms with van der Waals surface area (Å²) in [7, 11) is 4.02. The predicted molar refractivity (Wildman–Crippen MR) is 119 cm³/mol. The molecule has 2 atom stereocenters. The third kappa shape index (κ3) is 3.93. The van der Waals surface area contributed by atoms with E-state index in [4.69, 9.17) is 4.74 Å². The number of carbonyl (C=O) groups excluding carboxylic acids is 1. The number of hydrogen-bond donors (Lipinski definition) is 0. The van der Waals surface area contributed by atoms with E-state index in [0.717, 1.165) is 27.8 Å². The van der Waals surface area contributed by atoms with Crippen LogP contribution in [-0.2, 0) is 9.53 Å². The maximum absolute atomic E-state index is 13.4. The molecule has 0 aliphatic heterocycles. The van der Waals surface area contributed by atoms with Crippen LogP contribution < -0.4 is 0 Å². The zero-order valence-electron chi connectivity index (χ0n) is 16.9. The Morgan fingerprint density at radius 2 is 1.31 bits per heavy atom. The van der Waals surface area contributed by atoms with Gasteiger partial charge < -0.3 is 9.64 Å². The molecule has 0 radical (unpaired) electrons. The Bertz CT molecular complexity index is 941. The Balaban J connectivity index is 0.00000240. The molecule has 4 rings (SSSR count). The summed E-state index contributed by atoms with van der Waals surface area (Å²) < 4.78 is 6.18. The number of halogens is 1. The maximum Gasteiger partial charge on any atom is 0.318 e. The van der Waals surface area contributed by atoms with Crippen molar-refractivity contribution in [3.8, 4) is 11.1 Å². The van der Waals surface area contributed by atoms with E-state index in [-0.39, 0.29) is 36.4 Å². The van der Waals surface area contributed by atoms with Crippen LogP contribution >= 0.6 is 12.4 Å². The number of benzene rings is 3. The fraction of sp³-hybridized carbons (Fsp3) is 0.240. The van der Waals surface area contributed by atoms with E-state index in [1.165, 1.54) is 0 Å². The minimum absolute atomic E-state index is 0. The lowest BCUT2D eigenvalue weighted by molar-refractivity contribution is -0.153. The molecule has 0 aromatic heterocycles. The van der Waals surface area contributed by atoms with Gasteiger partial charge in [-0.05, 0) is 48.8 Å². The van der Waals surface area contributed by atoms with Crippen LogP contribution in [0.3, 0.4) is 0 Å². The molecule has 0 spiro atoms. The van der Waals surface area contributed by atoms with Gasteiger partial charge in [-0.2, -0.15) is 0 Å². The molecule has 3 aromatic rings. The average Bonchev–Trinajstić information content (AvgIpc) is 3.06. The Labute approximate surface area is 178 Å². The molecule has 0 saturated heterocycles. The molecule has 0 fully saturated rings. The van der Waals surface area contributed by atoms with Crippen molar-refractivity contribution in [3.63, 3.8) is 0 Å². The molecule has 3 aromatic carbocycles. The van der Waals surface area contributed by atoms with Crippen molar-refractivity contribution >= 4 is 18.4 Å². The van der Waals surface area contributed by atoms with Gasteiger partial charge in [-0.15, -0.1) is 12.4 Å². The van der Waals surface area contributed by atoms with Crippen molar-refractivity contribution in [2.75, 3.05) is 14.1 Å². The molecule has 2 unspecified atom stereocenters. The molecule has 0 amide bonds. The maximum atomic E-state index is 13.4. The number of nitrogens with zero attached hydrogens (tertiary/aromatic N) is 1. The molecular formula is C25H26ClNO2. The van der Waals surface area contributed by atoms with Gasteiger partial charge in [0.15, 0.2) is 0 Å². The SMILES string of the molecule is CC(C(OC(=O)C1c2ccccc2-c2ccccc21)c1ccccc1)N(C)C.Cl. The summed E-state index contributed by atoms with van der Waals surface area (Å²) >= 11 is 0. The normalized spacial score (nSPS) is 14.5. The predicted octanol–water partition coefficient (Wildman–Crippen LogP) is 5.46. The van der Waals surface area contributed by atoms with Gasteiger partial charge in [0.1, 0.15) is 12.0 Å². The van der Waals surface area contributed by atoms with E-state index in [2.05, 4.69) is 24.0 Å². The molecule has 1 aliphatic rings. The number of rotatable bonds is 5. The zero-order valence-corrected chi connectivity index (χ0v) is 17.7. The number of likely N-dealkylation sites (N-methyl/N-ethyl adjacent to an activating group) is 1. The molecule has 29 heavy (non-hydrogen) atoms. The van der Waals surface area contributed by atoms with Gasteiger partial charge in [0.05, 0.1) is 0 Å². The first-order valence-electron chi connectivity index (χ1n) is 9.68. The monoisotopic (exact) mass is 407 g/mol. The van der Waals surface area contributed by atoms with Crippen LogP contribution in [0.2, 0.25) is 0 Å². The molecule has 0 bridgehead atoms. The van der Waals surface area contributed by atoms with E-state index in [9.17, 15) is 4.79 Å². The van der Waals surface area contributed by atoms with Gasteiger partial charge in [0.2, 0.25) is 0 Å². The van der Waals surface area contributed by atoms with Gasteiger partial charge in [-0.3, -0.25) is 4.79 Å². The van der Waals surface area contributed by atoms with Crippen molar-refractivity contribution in [3.05, 3.63) is 95.6 Å². The second kappa shape index (κ2) is 8.81. The van der Waals surface area contributed by atoms with Crippen LogP contribution in [0.25, 0.3) is 11.1 Å². The fourth-order valence-electron chi connectivity index (χ4n) is 3.96. The summed E-state index contributed by atoms with van der Waals surface area (Å²) in [6, 6.07) is 26.3. The van der Waals surface area contributed by atoms with Crippen molar-refractivity contribution in [1.82, 2.24) is 4.90 Å². The minimum atomic E-state index is -0.382. The lowest BCUT2D eigenvalue weighted by Crippen LogP contribution is -2.34. The van der Waals surface area contributed by atoms with Crippen LogP contribution in [0.15, 0.2) is 78.9 Å². The highest BCUT2D eigenvalue weighted by Crippen LogP contribution is 2.45. The number of ether oxygens (including phenoxy) is 1. The Morgan fingerprint density at radius 1 is 0.828 bits per heavy atom. The Morgan fingerprint density at radius 3 is 1.83 bits per heavy atom. The van der Waals surface area contributed by atoms with Crippen LogP contribution in [0.1, 0.15) is 35.6 Å². The smallest absolute Gasteiger partial charge is 0.318 e. The summed E-state index contributed by atoms with van der Waals surface area (Å²) in [6.07, 6.45) is -0.330. The number of hydrogen-bond acceptors (Lipinski definition) is 3. The topological polar surface area (TPSA) is 29.5 Å². The number of esters is 1. The van der Waals surface area contributed by atoms with Gasteiger partial charge >= 0.3 is 5.97 Å². The summed E-state index contributed by atoms with van der Waals surface area (Å²) in [4.78, 5) is 15.5. The molecular weight excluding hydrogens is 382 g/mol. The summed E-state index contributed by atoms with van der Waals surface area (Å²) in [5.74, 6) is -0.576. The lowest BCUT2D eigenvalue weighted by Gasteiger charge is -2.30. The third-order valence-corrected chi connectivity index (χ3v) is 5.69. The van der Waals surface area contributed by atoms with E-state index >= 15 is 0 Å². The lowest BCUT2D eigenvalue weighted by atomic mass is 9.96. The largest absolute Gasteiger partial charge is 0.455 e. The van der Waals surface area contributed by atoms with E-state index in [1.807, 2.05) is 80.8 Å². The summed E-state index contributed by atoms with van der Waals surface area (Å²) in [5, 5.41) is 0. The Hall–Kier alpha value is -2.62. The molecule has 0 heterocycles. The van der Waals surface area contributed by atoms with Crippen molar-refractivity contribution in [1.29, 1.82) is 0 Å². The molecule has 3 nitrogen and oxygen atoms in total. The highest BCUT2D eigenvalue weighted by molar-refractivity contribution is 5.93. The van der Waals surface area contributed by atoms with Crippen LogP contribution in [0.4, 0.5) is 0 Å². The molecule has 0 N–H and O–H groups in total. The molecule has 150 valence electrons.